The molecule has 1 aromatic carbocycles. The van der Waals surface area contributed by atoms with Gasteiger partial charge in [-0.1, -0.05) is 32.0 Å². The Labute approximate surface area is 131 Å². The van der Waals surface area contributed by atoms with Gasteiger partial charge in [-0.05, 0) is 49.2 Å². The van der Waals surface area contributed by atoms with Crippen LogP contribution in [0.3, 0.4) is 0 Å². The molecule has 3 rings (SSSR count). The standard InChI is InChI=1S/C16H21N3O.ClH/c1-16(2,3)15-18-14(20-19-15)13-5-4-11-6-8-17-9-7-12(11)10-13;/h4-5,10,17H,6-9H2,1-3H3;1H. The minimum Gasteiger partial charge on any atom is -0.334 e. The maximum Gasteiger partial charge on any atom is 0.257 e. The van der Waals surface area contributed by atoms with Crippen molar-refractivity contribution < 1.29 is 4.52 Å². The van der Waals surface area contributed by atoms with Gasteiger partial charge < -0.3 is 9.84 Å². The normalized spacial score (nSPS) is 15.0. The smallest absolute Gasteiger partial charge is 0.257 e. The van der Waals surface area contributed by atoms with Gasteiger partial charge in [0.1, 0.15) is 0 Å². The van der Waals surface area contributed by atoms with E-state index in [9.17, 15) is 0 Å². The number of nitrogens with zero attached hydrogens (tertiary/aromatic N) is 2. The van der Waals surface area contributed by atoms with Gasteiger partial charge in [-0.2, -0.15) is 4.98 Å². The molecule has 0 saturated heterocycles. The molecule has 0 atom stereocenters. The van der Waals surface area contributed by atoms with Gasteiger partial charge in [-0.15, -0.1) is 12.4 Å². The molecule has 0 radical (unpaired) electrons. The second-order valence-corrected chi connectivity index (χ2v) is 6.41. The molecule has 1 aliphatic rings. The second-order valence-electron chi connectivity index (χ2n) is 6.41. The molecule has 114 valence electrons. The summed E-state index contributed by atoms with van der Waals surface area (Å²) in [5.74, 6) is 1.37. The summed E-state index contributed by atoms with van der Waals surface area (Å²) in [7, 11) is 0. The summed E-state index contributed by atoms with van der Waals surface area (Å²) < 4.78 is 5.42. The largest absolute Gasteiger partial charge is 0.334 e. The molecular formula is C16H22ClN3O. The molecule has 1 aromatic heterocycles. The van der Waals surface area contributed by atoms with E-state index in [4.69, 9.17) is 4.52 Å². The van der Waals surface area contributed by atoms with Crippen LogP contribution in [0, 0.1) is 0 Å². The van der Waals surface area contributed by atoms with E-state index in [1.54, 1.807) is 0 Å². The predicted molar refractivity (Wildman–Crippen MR) is 86.0 cm³/mol. The summed E-state index contributed by atoms with van der Waals surface area (Å²) >= 11 is 0. The molecule has 0 bridgehead atoms. The topological polar surface area (TPSA) is 51.0 Å². The first kappa shape index (κ1) is 16.0. The summed E-state index contributed by atoms with van der Waals surface area (Å²) in [5, 5.41) is 7.52. The van der Waals surface area contributed by atoms with Gasteiger partial charge in [0.15, 0.2) is 5.82 Å². The molecule has 2 aromatic rings. The molecule has 0 saturated carbocycles. The van der Waals surface area contributed by atoms with Crippen LogP contribution in [0.4, 0.5) is 0 Å². The van der Waals surface area contributed by atoms with Crippen LogP contribution in [-0.4, -0.2) is 23.2 Å². The molecule has 1 N–H and O–H groups in total. The molecular weight excluding hydrogens is 286 g/mol. The van der Waals surface area contributed by atoms with Gasteiger partial charge in [0.2, 0.25) is 0 Å². The van der Waals surface area contributed by atoms with Gasteiger partial charge in [-0.25, -0.2) is 0 Å². The van der Waals surface area contributed by atoms with E-state index in [1.165, 1.54) is 11.1 Å². The van der Waals surface area contributed by atoms with Crippen molar-refractivity contribution in [3.05, 3.63) is 35.2 Å². The molecule has 0 amide bonds. The fraction of sp³-hybridized carbons (Fsp3) is 0.500. The number of benzene rings is 1. The zero-order valence-electron chi connectivity index (χ0n) is 12.8. The number of aromatic nitrogens is 2. The number of rotatable bonds is 1. The number of fused-ring (bicyclic) bond motifs is 1. The lowest BCUT2D eigenvalue weighted by atomic mass is 9.96. The molecule has 0 aliphatic carbocycles. The zero-order valence-corrected chi connectivity index (χ0v) is 13.6. The van der Waals surface area contributed by atoms with Crippen molar-refractivity contribution in [1.29, 1.82) is 0 Å². The Bertz CT molecular complexity index is 616. The number of nitrogens with one attached hydrogen (secondary N) is 1. The minimum absolute atomic E-state index is 0. The Morgan fingerprint density at radius 3 is 2.48 bits per heavy atom. The quantitative estimate of drug-likeness (QED) is 0.879. The Morgan fingerprint density at radius 2 is 1.81 bits per heavy atom. The van der Waals surface area contributed by atoms with Crippen LogP contribution >= 0.6 is 12.4 Å². The third-order valence-electron chi connectivity index (χ3n) is 3.69. The SMILES string of the molecule is CC(C)(C)c1noc(-c2ccc3c(c2)CCNCC3)n1.Cl. The highest BCUT2D eigenvalue weighted by Crippen LogP contribution is 2.26. The maximum atomic E-state index is 5.42. The van der Waals surface area contributed by atoms with E-state index in [1.807, 2.05) is 0 Å². The van der Waals surface area contributed by atoms with Crippen LogP contribution in [-0.2, 0) is 18.3 Å². The van der Waals surface area contributed by atoms with Crippen LogP contribution < -0.4 is 5.32 Å². The van der Waals surface area contributed by atoms with Gasteiger partial charge in [0, 0.05) is 11.0 Å². The molecule has 4 nitrogen and oxygen atoms in total. The maximum absolute atomic E-state index is 5.42. The van der Waals surface area contributed by atoms with E-state index in [-0.39, 0.29) is 17.8 Å². The first-order valence-electron chi connectivity index (χ1n) is 7.21. The molecule has 0 fully saturated rings. The fourth-order valence-corrected chi connectivity index (χ4v) is 2.45. The predicted octanol–water partition coefficient (Wildman–Crippen LogP) is 3.14. The number of halogens is 1. The number of hydrogen-bond donors (Lipinski definition) is 1. The average Bonchev–Trinajstić information content (AvgIpc) is 2.78. The summed E-state index contributed by atoms with van der Waals surface area (Å²) in [4.78, 5) is 4.53. The monoisotopic (exact) mass is 307 g/mol. The molecule has 0 unspecified atom stereocenters. The zero-order chi connectivity index (χ0) is 14.2. The molecule has 5 heteroatoms. The Kier molecular flexibility index (Phi) is 4.69. The lowest BCUT2D eigenvalue weighted by Gasteiger charge is -2.11. The molecule has 1 aliphatic heterocycles. The van der Waals surface area contributed by atoms with Crippen molar-refractivity contribution in [1.82, 2.24) is 15.5 Å². The van der Waals surface area contributed by atoms with E-state index in [0.717, 1.165) is 37.3 Å². The second kappa shape index (κ2) is 6.16. The van der Waals surface area contributed by atoms with Gasteiger partial charge in [0.25, 0.3) is 5.89 Å². The van der Waals surface area contributed by atoms with E-state index >= 15 is 0 Å². The highest BCUT2D eigenvalue weighted by atomic mass is 35.5. The Hall–Kier alpha value is -1.39. The van der Waals surface area contributed by atoms with Crippen LogP contribution in [0.1, 0.15) is 37.7 Å². The van der Waals surface area contributed by atoms with Crippen molar-refractivity contribution in [2.24, 2.45) is 0 Å². The van der Waals surface area contributed by atoms with E-state index < -0.39 is 0 Å². The third kappa shape index (κ3) is 3.44. The summed E-state index contributed by atoms with van der Waals surface area (Å²) in [5.41, 5.74) is 3.75. The average molecular weight is 308 g/mol. The fourth-order valence-electron chi connectivity index (χ4n) is 2.45. The highest BCUT2D eigenvalue weighted by Gasteiger charge is 2.21. The molecule has 21 heavy (non-hydrogen) atoms. The van der Waals surface area contributed by atoms with Crippen LogP contribution in [0.25, 0.3) is 11.5 Å². The molecule has 2 heterocycles. The van der Waals surface area contributed by atoms with Crippen LogP contribution in [0.5, 0.6) is 0 Å². The Balaban J connectivity index is 0.00000161. The van der Waals surface area contributed by atoms with Crippen molar-refractivity contribution in [3.8, 4) is 11.5 Å². The minimum atomic E-state index is -0.0860. The Morgan fingerprint density at radius 1 is 1.10 bits per heavy atom. The van der Waals surface area contributed by atoms with Crippen LogP contribution in [0.15, 0.2) is 22.7 Å². The van der Waals surface area contributed by atoms with Crippen molar-refractivity contribution in [2.45, 2.75) is 39.0 Å². The van der Waals surface area contributed by atoms with Crippen molar-refractivity contribution >= 4 is 12.4 Å². The first-order valence-corrected chi connectivity index (χ1v) is 7.21. The summed E-state index contributed by atoms with van der Waals surface area (Å²) in [6, 6.07) is 6.48. The van der Waals surface area contributed by atoms with Crippen molar-refractivity contribution in [2.75, 3.05) is 13.1 Å². The number of hydrogen-bond acceptors (Lipinski definition) is 4. The molecule has 0 spiro atoms. The highest BCUT2D eigenvalue weighted by molar-refractivity contribution is 5.85. The third-order valence-corrected chi connectivity index (χ3v) is 3.69. The van der Waals surface area contributed by atoms with Gasteiger partial charge in [-0.3, -0.25) is 0 Å². The summed E-state index contributed by atoms with van der Waals surface area (Å²) in [6.07, 6.45) is 2.15. The van der Waals surface area contributed by atoms with E-state index in [2.05, 4.69) is 54.4 Å². The lowest BCUT2D eigenvalue weighted by molar-refractivity contribution is 0.402. The first-order chi connectivity index (χ1) is 9.54. The lowest BCUT2D eigenvalue weighted by Crippen LogP contribution is -2.16. The van der Waals surface area contributed by atoms with Gasteiger partial charge in [0.05, 0.1) is 0 Å². The van der Waals surface area contributed by atoms with E-state index in [0.29, 0.717) is 5.89 Å². The summed E-state index contributed by atoms with van der Waals surface area (Å²) in [6.45, 7) is 8.35. The van der Waals surface area contributed by atoms with Gasteiger partial charge >= 0.3 is 0 Å². The van der Waals surface area contributed by atoms with Crippen LogP contribution in [0.2, 0.25) is 0 Å². The van der Waals surface area contributed by atoms with Crippen molar-refractivity contribution in [3.63, 3.8) is 0 Å².